The number of nitrogens with zero attached hydrogens (tertiary/aromatic N) is 5. The normalized spacial score (nSPS) is 16.1. The zero-order valence-electron chi connectivity index (χ0n) is 17.8. The monoisotopic (exact) mass is 409 g/mol. The van der Waals surface area contributed by atoms with Crippen LogP contribution in [0.25, 0.3) is 22.3 Å². The Morgan fingerprint density at radius 3 is 2.73 bits per heavy atom. The average molecular weight is 409 g/mol. The number of amides is 1. The molecule has 1 saturated heterocycles. The Labute approximate surface area is 175 Å². The summed E-state index contributed by atoms with van der Waals surface area (Å²) in [5.74, 6) is 0.735. The third-order valence-electron chi connectivity index (χ3n) is 5.29. The number of rotatable bonds is 5. The second-order valence-electron chi connectivity index (χ2n) is 8.14. The van der Waals surface area contributed by atoms with Crippen LogP contribution in [-0.2, 0) is 7.05 Å². The lowest BCUT2D eigenvalue weighted by Crippen LogP contribution is -2.57. The molecule has 0 unspecified atom stereocenters. The van der Waals surface area contributed by atoms with Gasteiger partial charge in [0, 0.05) is 43.7 Å². The van der Waals surface area contributed by atoms with E-state index in [-0.39, 0.29) is 5.54 Å². The van der Waals surface area contributed by atoms with Gasteiger partial charge in [0.1, 0.15) is 11.4 Å². The molecule has 2 aromatic heterocycles. The molecule has 3 heterocycles. The number of hydrogen-bond donors (Lipinski definition) is 2. The van der Waals surface area contributed by atoms with Crippen molar-refractivity contribution in [2.45, 2.75) is 26.3 Å². The van der Waals surface area contributed by atoms with Gasteiger partial charge in [-0.05, 0) is 39.0 Å². The summed E-state index contributed by atoms with van der Waals surface area (Å²) in [7, 11) is 1.84. The molecule has 1 fully saturated rings. The molecule has 0 spiro atoms. The molecule has 1 aliphatic heterocycles. The Hall–Kier alpha value is -3.20. The minimum Gasteiger partial charge on any atom is -0.493 e. The lowest BCUT2D eigenvalue weighted by atomic mass is 10.0. The summed E-state index contributed by atoms with van der Waals surface area (Å²) in [6, 6.07) is 7.38. The summed E-state index contributed by atoms with van der Waals surface area (Å²) in [4.78, 5) is 14.2. The number of carbonyl (C=O) groups is 1. The van der Waals surface area contributed by atoms with Gasteiger partial charge in [0.25, 0.3) is 5.91 Å². The van der Waals surface area contributed by atoms with Crippen LogP contribution in [0.2, 0.25) is 0 Å². The minimum atomic E-state index is -0.544. The maximum absolute atomic E-state index is 11.9. The van der Waals surface area contributed by atoms with Gasteiger partial charge in [-0.2, -0.15) is 5.10 Å². The first kappa shape index (κ1) is 20.1. The van der Waals surface area contributed by atoms with E-state index in [9.17, 15) is 4.79 Å². The number of piperazine rings is 1. The lowest BCUT2D eigenvalue weighted by molar-refractivity contribution is 0.0997. The Morgan fingerprint density at radius 1 is 1.30 bits per heavy atom. The third-order valence-corrected chi connectivity index (χ3v) is 5.29. The second-order valence-corrected chi connectivity index (χ2v) is 8.14. The Kier molecular flexibility index (Phi) is 5.07. The van der Waals surface area contributed by atoms with Crippen LogP contribution in [-0.4, -0.2) is 57.7 Å². The first-order chi connectivity index (χ1) is 14.3. The number of anilines is 1. The summed E-state index contributed by atoms with van der Waals surface area (Å²) in [6.07, 6.45) is 0. The van der Waals surface area contributed by atoms with Gasteiger partial charge in [-0.3, -0.25) is 9.48 Å². The number of aromatic nitrogens is 4. The van der Waals surface area contributed by atoms with Crippen LogP contribution in [0.4, 0.5) is 5.82 Å². The number of nitrogens with one attached hydrogen (secondary N) is 1. The van der Waals surface area contributed by atoms with E-state index in [1.54, 1.807) is 16.8 Å². The first-order valence-electron chi connectivity index (χ1n) is 10.1. The van der Waals surface area contributed by atoms with Gasteiger partial charge in [0.05, 0.1) is 23.4 Å². The van der Waals surface area contributed by atoms with Crippen LogP contribution in [0.5, 0.6) is 5.75 Å². The molecular formula is C21H27N7O2. The van der Waals surface area contributed by atoms with Crippen molar-refractivity contribution < 1.29 is 9.53 Å². The Morgan fingerprint density at radius 2 is 2.10 bits per heavy atom. The largest absolute Gasteiger partial charge is 0.493 e. The predicted molar refractivity (Wildman–Crippen MR) is 116 cm³/mol. The Balaban J connectivity index is 1.73. The van der Waals surface area contributed by atoms with E-state index in [1.807, 2.05) is 26.1 Å². The molecule has 0 aliphatic carbocycles. The summed E-state index contributed by atoms with van der Waals surface area (Å²) >= 11 is 0. The van der Waals surface area contributed by atoms with Gasteiger partial charge in [-0.1, -0.05) is 0 Å². The molecule has 3 aromatic rings. The van der Waals surface area contributed by atoms with E-state index in [1.165, 1.54) is 0 Å². The molecule has 158 valence electrons. The van der Waals surface area contributed by atoms with E-state index in [2.05, 4.69) is 39.4 Å². The fourth-order valence-electron chi connectivity index (χ4n) is 3.96. The van der Waals surface area contributed by atoms with Crippen LogP contribution >= 0.6 is 0 Å². The number of ether oxygens (including phenoxy) is 1. The second kappa shape index (κ2) is 7.56. The summed E-state index contributed by atoms with van der Waals surface area (Å²) in [5.41, 5.74) is 8.08. The Bertz CT molecular complexity index is 1090. The van der Waals surface area contributed by atoms with Crippen molar-refractivity contribution in [2.24, 2.45) is 12.8 Å². The van der Waals surface area contributed by atoms with Gasteiger partial charge >= 0.3 is 0 Å². The molecule has 0 atom stereocenters. The molecule has 9 nitrogen and oxygen atoms in total. The molecule has 9 heteroatoms. The third kappa shape index (κ3) is 3.68. The van der Waals surface area contributed by atoms with Crippen LogP contribution in [0, 0.1) is 0 Å². The van der Waals surface area contributed by atoms with Gasteiger partial charge < -0.3 is 20.7 Å². The fraction of sp³-hybridized carbons (Fsp3) is 0.429. The lowest BCUT2D eigenvalue weighted by Gasteiger charge is -2.39. The molecule has 0 saturated carbocycles. The SMILES string of the molecule is CCOc1cc2nn(C)c(-c3ccc(N4CCNC(C)(C)C4)nn3)c2cc1C(N)=O. The highest BCUT2D eigenvalue weighted by molar-refractivity contribution is 6.03. The van der Waals surface area contributed by atoms with E-state index >= 15 is 0 Å². The molecule has 0 bridgehead atoms. The molecule has 1 aromatic carbocycles. The van der Waals surface area contributed by atoms with E-state index in [4.69, 9.17) is 10.5 Å². The van der Waals surface area contributed by atoms with Gasteiger partial charge in [-0.15, -0.1) is 10.2 Å². The summed E-state index contributed by atoms with van der Waals surface area (Å²) in [6.45, 7) is 9.29. The predicted octanol–water partition coefficient (Wildman–Crippen LogP) is 1.72. The number of carbonyl (C=O) groups excluding carboxylic acids is 1. The van der Waals surface area contributed by atoms with Gasteiger partial charge in [0.2, 0.25) is 0 Å². The average Bonchev–Trinajstić information content (AvgIpc) is 3.01. The fourth-order valence-corrected chi connectivity index (χ4v) is 3.96. The van der Waals surface area contributed by atoms with Crippen molar-refractivity contribution >= 4 is 22.6 Å². The van der Waals surface area contributed by atoms with Crippen molar-refractivity contribution in [2.75, 3.05) is 31.1 Å². The standard InChI is InChI=1S/C21H27N7O2/c1-5-30-17-11-16-13(10-14(17)20(22)29)19(27(4)26-16)15-6-7-18(25-24-15)28-9-8-23-21(2,3)12-28/h6-7,10-11,23H,5,8-9,12H2,1-4H3,(H2,22,29). The highest BCUT2D eigenvalue weighted by Gasteiger charge is 2.27. The highest BCUT2D eigenvalue weighted by Crippen LogP contribution is 2.32. The maximum atomic E-state index is 11.9. The quantitative estimate of drug-likeness (QED) is 0.660. The molecule has 30 heavy (non-hydrogen) atoms. The molecule has 0 radical (unpaired) electrons. The van der Waals surface area contributed by atoms with Crippen LogP contribution in [0.15, 0.2) is 24.3 Å². The summed E-state index contributed by atoms with van der Waals surface area (Å²) < 4.78 is 7.31. The molecule has 4 rings (SSSR count). The number of nitrogens with two attached hydrogens (primary N) is 1. The molecule has 3 N–H and O–H groups in total. The van der Waals surface area contributed by atoms with E-state index in [0.717, 1.165) is 36.5 Å². The van der Waals surface area contributed by atoms with Crippen molar-refractivity contribution in [3.05, 3.63) is 29.8 Å². The zero-order valence-corrected chi connectivity index (χ0v) is 17.8. The smallest absolute Gasteiger partial charge is 0.252 e. The van der Waals surface area contributed by atoms with E-state index in [0.29, 0.717) is 29.1 Å². The number of benzene rings is 1. The summed E-state index contributed by atoms with van der Waals surface area (Å²) in [5, 5.41) is 17.8. The topological polar surface area (TPSA) is 111 Å². The number of primary amides is 1. The molecule has 1 aliphatic rings. The highest BCUT2D eigenvalue weighted by atomic mass is 16.5. The maximum Gasteiger partial charge on any atom is 0.252 e. The van der Waals surface area contributed by atoms with Crippen LogP contribution in [0.1, 0.15) is 31.1 Å². The van der Waals surface area contributed by atoms with Crippen LogP contribution < -0.4 is 20.7 Å². The number of hydrogen-bond acceptors (Lipinski definition) is 7. The zero-order chi connectivity index (χ0) is 21.5. The van der Waals surface area contributed by atoms with Crippen molar-refractivity contribution in [1.29, 1.82) is 0 Å². The number of fused-ring (bicyclic) bond motifs is 1. The van der Waals surface area contributed by atoms with Crippen LogP contribution in [0.3, 0.4) is 0 Å². The minimum absolute atomic E-state index is 0.0280. The van der Waals surface area contributed by atoms with Gasteiger partial charge in [-0.25, -0.2) is 0 Å². The molecular weight excluding hydrogens is 382 g/mol. The first-order valence-corrected chi connectivity index (χ1v) is 10.1. The van der Waals surface area contributed by atoms with Crippen molar-refractivity contribution in [1.82, 2.24) is 25.3 Å². The number of aryl methyl sites for hydroxylation is 1. The molecule has 1 amide bonds. The van der Waals surface area contributed by atoms with E-state index < -0.39 is 5.91 Å². The van der Waals surface area contributed by atoms with Gasteiger partial charge in [0.15, 0.2) is 5.82 Å². The van der Waals surface area contributed by atoms with Crippen molar-refractivity contribution in [3.63, 3.8) is 0 Å². The van der Waals surface area contributed by atoms with Crippen molar-refractivity contribution in [3.8, 4) is 17.1 Å².